The third-order valence-electron chi connectivity index (χ3n) is 2.78. The first-order chi connectivity index (χ1) is 9.47. The second-order valence-corrected chi connectivity index (χ2v) is 6.62. The molecule has 0 aliphatic heterocycles. The normalized spacial score (nSPS) is 12.0. The second-order valence-electron chi connectivity index (χ2n) is 4.89. The van der Waals surface area contributed by atoms with Crippen LogP contribution in [0.1, 0.15) is 25.8 Å². The van der Waals surface area contributed by atoms with Gasteiger partial charge in [0.25, 0.3) is 0 Å². The van der Waals surface area contributed by atoms with E-state index in [1.165, 1.54) is 0 Å². The van der Waals surface area contributed by atoms with Crippen molar-refractivity contribution < 1.29 is 13.2 Å². The minimum Gasteiger partial charge on any atom is -0.385 e. The maximum absolute atomic E-state index is 12.3. The van der Waals surface area contributed by atoms with Gasteiger partial charge in [0.1, 0.15) is 0 Å². The minimum atomic E-state index is -3.46. The Kier molecular flexibility index (Phi) is 7.15. The highest BCUT2D eigenvalue weighted by Crippen LogP contribution is 2.15. The molecule has 20 heavy (non-hydrogen) atoms. The minimum absolute atomic E-state index is 0.306. The van der Waals surface area contributed by atoms with Crippen LogP contribution in [0.3, 0.4) is 0 Å². The van der Waals surface area contributed by atoms with Gasteiger partial charge in [-0.15, -0.1) is 0 Å². The van der Waals surface area contributed by atoms with Crippen molar-refractivity contribution in [2.24, 2.45) is 0 Å². The van der Waals surface area contributed by atoms with Crippen molar-refractivity contribution in [3.8, 4) is 0 Å². The van der Waals surface area contributed by atoms with E-state index in [0.717, 1.165) is 5.56 Å². The van der Waals surface area contributed by atoms with Crippen LogP contribution < -0.4 is 10.0 Å². The SMILES string of the molecule is COCCCNS(=O)(=O)c1ccccc1CNC(C)C. The van der Waals surface area contributed by atoms with Crippen molar-refractivity contribution in [3.05, 3.63) is 29.8 Å². The zero-order valence-corrected chi connectivity index (χ0v) is 13.2. The van der Waals surface area contributed by atoms with Crippen LogP contribution in [-0.4, -0.2) is 34.7 Å². The molecule has 1 aromatic rings. The molecular weight excluding hydrogens is 276 g/mol. The van der Waals surface area contributed by atoms with Crippen molar-refractivity contribution in [1.82, 2.24) is 10.0 Å². The van der Waals surface area contributed by atoms with Crippen LogP contribution in [0.15, 0.2) is 29.2 Å². The molecule has 114 valence electrons. The second kappa shape index (κ2) is 8.36. The Morgan fingerprint density at radius 2 is 1.95 bits per heavy atom. The van der Waals surface area contributed by atoms with Crippen LogP contribution in [0.5, 0.6) is 0 Å². The molecule has 0 unspecified atom stereocenters. The summed E-state index contributed by atoms with van der Waals surface area (Å²) in [6, 6.07) is 7.36. The molecule has 2 N–H and O–H groups in total. The fraction of sp³-hybridized carbons (Fsp3) is 0.571. The van der Waals surface area contributed by atoms with E-state index in [1.54, 1.807) is 19.2 Å². The van der Waals surface area contributed by atoms with Crippen molar-refractivity contribution >= 4 is 10.0 Å². The van der Waals surface area contributed by atoms with Gasteiger partial charge in [0.05, 0.1) is 4.90 Å². The van der Waals surface area contributed by atoms with Gasteiger partial charge in [0.15, 0.2) is 0 Å². The summed E-state index contributed by atoms with van der Waals surface area (Å²) >= 11 is 0. The molecule has 0 saturated carbocycles. The van der Waals surface area contributed by atoms with Crippen molar-refractivity contribution in [2.75, 3.05) is 20.3 Å². The highest BCUT2D eigenvalue weighted by molar-refractivity contribution is 7.89. The Balaban J connectivity index is 2.77. The first-order valence-electron chi connectivity index (χ1n) is 6.77. The lowest BCUT2D eigenvalue weighted by Gasteiger charge is -2.13. The molecule has 1 rings (SSSR count). The number of hydrogen-bond donors (Lipinski definition) is 2. The van der Waals surface area contributed by atoms with Crippen LogP contribution in [-0.2, 0) is 21.3 Å². The van der Waals surface area contributed by atoms with Gasteiger partial charge in [-0.2, -0.15) is 0 Å². The molecule has 0 aliphatic carbocycles. The summed E-state index contributed by atoms with van der Waals surface area (Å²) in [5, 5.41) is 3.24. The van der Waals surface area contributed by atoms with Gasteiger partial charge in [-0.3, -0.25) is 0 Å². The molecule has 0 aromatic heterocycles. The lowest BCUT2D eigenvalue weighted by molar-refractivity contribution is 0.196. The summed E-state index contributed by atoms with van der Waals surface area (Å²) in [7, 11) is -1.87. The predicted molar refractivity (Wildman–Crippen MR) is 80.1 cm³/mol. The molecule has 0 saturated heterocycles. The largest absolute Gasteiger partial charge is 0.385 e. The third kappa shape index (κ3) is 5.58. The van der Waals surface area contributed by atoms with E-state index in [-0.39, 0.29) is 0 Å². The van der Waals surface area contributed by atoms with Gasteiger partial charge < -0.3 is 10.1 Å². The van der Waals surface area contributed by atoms with Gasteiger partial charge in [-0.05, 0) is 18.1 Å². The number of sulfonamides is 1. The van der Waals surface area contributed by atoms with Gasteiger partial charge >= 0.3 is 0 Å². The molecule has 0 spiro atoms. The molecule has 0 heterocycles. The van der Waals surface area contributed by atoms with Crippen LogP contribution in [0.2, 0.25) is 0 Å². The van der Waals surface area contributed by atoms with Gasteiger partial charge in [0.2, 0.25) is 10.0 Å². The van der Waals surface area contributed by atoms with E-state index in [2.05, 4.69) is 10.0 Å². The van der Waals surface area contributed by atoms with E-state index in [9.17, 15) is 8.42 Å². The monoisotopic (exact) mass is 300 g/mol. The Morgan fingerprint density at radius 3 is 2.60 bits per heavy atom. The number of hydrogen-bond acceptors (Lipinski definition) is 4. The van der Waals surface area contributed by atoms with E-state index in [0.29, 0.717) is 37.1 Å². The molecule has 0 fully saturated rings. The highest BCUT2D eigenvalue weighted by Gasteiger charge is 2.17. The van der Waals surface area contributed by atoms with Crippen molar-refractivity contribution in [3.63, 3.8) is 0 Å². The van der Waals surface area contributed by atoms with Gasteiger partial charge in [-0.1, -0.05) is 32.0 Å². The lowest BCUT2D eigenvalue weighted by atomic mass is 10.2. The first-order valence-corrected chi connectivity index (χ1v) is 8.25. The maximum Gasteiger partial charge on any atom is 0.240 e. The summed E-state index contributed by atoms with van der Waals surface area (Å²) in [6.07, 6.45) is 0.655. The molecule has 0 radical (unpaired) electrons. The fourth-order valence-electron chi connectivity index (χ4n) is 1.73. The number of nitrogens with one attached hydrogen (secondary N) is 2. The van der Waals surface area contributed by atoms with Crippen molar-refractivity contribution in [1.29, 1.82) is 0 Å². The number of methoxy groups -OCH3 is 1. The van der Waals surface area contributed by atoms with Crippen LogP contribution >= 0.6 is 0 Å². The van der Waals surface area contributed by atoms with Gasteiger partial charge in [0, 0.05) is 32.8 Å². The predicted octanol–water partition coefficient (Wildman–Crippen LogP) is 1.50. The maximum atomic E-state index is 12.3. The van der Waals surface area contributed by atoms with E-state index in [1.807, 2.05) is 26.0 Å². The number of benzene rings is 1. The Hall–Kier alpha value is -0.950. The third-order valence-corrected chi connectivity index (χ3v) is 4.34. The summed E-state index contributed by atoms with van der Waals surface area (Å²) in [5.41, 5.74) is 0.778. The molecule has 0 bridgehead atoms. The lowest BCUT2D eigenvalue weighted by Crippen LogP contribution is -2.28. The van der Waals surface area contributed by atoms with Crippen LogP contribution in [0.25, 0.3) is 0 Å². The zero-order chi connectivity index (χ0) is 15.0. The number of rotatable bonds is 9. The Bertz CT molecular complexity index is 501. The van der Waals surface area contributed by atoms with Gasteiger partial charge in [-0.25, -0.2) is 13.1 Å². The van der Waals surface area contributed by atoms with Crippen LogP contribution in [0, 0.1) is 0 Å². The van der Waals surface area contributed by atoms with Crippen LogP contribution in [0.4, 0.5) is 0 Å². The first kappa shape index (κ1) is 17.1. The highest BCUT2D eigenvalue weighted by atomic mass is 32.2. The van der Waals surface area contributed by atoms with E-state index >= 15 is 0 Å². The molecule has 0 aliphatic rings. The molecule has 0 atom stereocenters. The average Bonchev–Trinajstić information content (AvgIpc) is 2.41. The standard InChI is InChI=1S/C14H24N2O3S/c1-12(2)15-11-13-7-4-5-8-14(13)20(17,18)16-9-6-10-19-3/h4-5,7-8,12,15-16H,6,9-11H2,1-3H3. The zero-order valence-electron chi connectivity index (χ0n) is 12.3. The summed E-state index contributed by atoms with van der Waals surface area (Å²) in [6.45, 7) is 5.51. The molecule has 0 amide bonds. The summed E-state index contributed by atoms with van der Waals surface area (Å²) in [5.74, 6) is 0. The Labute approximate surface area is 121 Å². The van der Waals surface area contributed by atoms with Crippen molar-refractivity contribution in [2.45, 2.75) is 37.8 Å². The van der Waals surface area contributed by atoms with E-state index < -0.39 is 10.0 Å². The quantitative estimate of drug-likeness (QED) is 0.678. The Morgan fingerprint density at radius 1 is 1.25 bits per heavy atom. The molecule has 1 aromatic carbocycles. The fourth-order valence-corrected chi connectivity index (χ4v) is 3.04. The van der Waals surface area contributed by atoms with E-state index in [4.69, 9.17) is 4.74 Å². The topological polar surface area (TPSA) is 67.4 Å². The molecule has 6 heteroatoms. The molecule has 5 nitrogen and oxygen atoms in total. The molecular formula is C14H24N2O3S. The summed E-state index contributed by atoms with van der Waals surface area (Å²) < 4.78 is 32.1. The smallest absolute Gasteiger partial charge is 0.240 e. The number of ether oxygens (including phenoxy) is 1. The summed E-state index contributed by atoms with van der Waals surface area (Å²) in [4.78, 5) is 0.338. The average molecular weight is 300 g/mol.